The van der Waals surface area contributed by atoms with E-state index in [0.29, 0.717) is 22.4 Å². The Morgan fingerprint density at radius 2 is 2.06 bits per heavy atom. The van der Waals surface area contributed by atoms with Crippen molar-refractivity contribution in [3.63, 3.8) is 0 Å². The van der Waals surface area contributed by atoms with E-state index in [2.05, 4.69) is 10.1 Å². The van der Waals surface area contributed by atoms with E-state index < -0.39 is 11.9 Å². The quantitative estimate of drug-likeness (QED) is 0.593. The molecule has 2 aromatic heterocycles. The number of carbonyl (C=O) groups excluding carboxylic acids is 1. The van der Waals surface area contributed by atoms with E-state index in [4.69, 9.17) is 4.74 Å². The summed E-state index contributed by atoms with van der Waals surface area (Å²) in [6, 6.07) is 7.64. The molecular formula is C22H23F3N4O2. The van der Waals surface area contributed by atoms with Crippen LogP contribution in [0.4, 0.5) is 13.2 Å². The van der Waals surface area contributed by atoms with Crippen molar-refractivity contribution in [2.45, 2.75) is 44.8 Å². The van der Waals surface area contributed by atoms with Crippen molar-refractivity contribution in [1.82, 2.24) is 19.5 Å². The fourth-order valence-electron chi connectivity index (χ4n) is 4.09. The Hall–Kier alpha value is -3.10. The number of alkyl halides is 3. The van der Waals surface area contributed by atoms with Gasteiger partial charge < -0.3 is 9.64 Å². The Bertz CT molecular complexity index is 1110. The largest absolute Gasteiger partial charge is 0.497 e. The average molecular weight is 432 g/mol. The predicted octanol–water partition coefficient (Wildman–Crippen LogP) is 4.83. The Balaban J connectivity index is 1.87. The van der Waals surface area contributed by atoms with Gasteiger partial charge in [0.25, 0.3) is 5.91 Å². The molecule has 0 bridgehead atoms. The highest BCUT2D eigenvalue weighted by Crippen LogP contribution is 2.34. The highest BCUT2D eigenvalue weighted by atomic mass is 19.4. The number of ether oxygens (including phenoxy) is 1. The van der Waals surface area contributed by atoms with E-state index in [1.54, 1.807) is 29.2 Å². The predicted molar refractivity (Wildman–Crippen MR) is 109 cm³/mol. The molecule has 1 saturated heterocycles. The molecule has 4 rings (SSSR count). The summed E-state index contributed by atoms with van der Waals surface area (Å²) in [4.78, 5) is 19.4. The fourth-order valence-corrected chi connectivity index (χ4v) is 4.09. The second kappa shape index (κ2) is 8.20. The van der Waals surface area contributed by atoms with Gasteiger partial charge in [0.05, 0.1) is 19.0 Å². The number of likely N-dealkylation sites (tertiary alicyclic amines) is 1. The molecule has 6 nitrogen and oxygen atoms in total. The number of amides is 1. The third-order valence-electron chi connectivity index (χ3n) is 5.72. The minimum Gasteiger partial charge on any atom is -0.497 e. The minimum atomic E-state index is -4.67. The summed E-state index contributed by atoms with van der Waals surface area (Å²) in [5, 5.41) is 3.88. The number of carbonyl (C=O) groups is 1. The summed E-state index contributed by atoms with van der Waals surface area (Å²) < 4.78 is 47.4. The number of aromatic nitrogens is 3. The molecule has 1 aliphatic heterocycles. The first-order valence-corrected chi connectivity index (χ1v) is 10.2. The second-order valence-electron chi connectivity index (χ2n) is 7.61. The van der Waals surface area contributed by atoms with E-state index in [0.717, 1.165) is 31.7 Å². The fraction of sp³-hybridized carbons (Fsp3) is 0.409. The molecule has 0 radical (unpaired) electrons. The van der Waals surface area contributed by atoms with E-state index in [-0.39, 0.29) is 28.9 Å². The molecule has 9 heteroatoms. The van der Waals surface area contributed by atoms with Gasteiger partial charge in [-0.3, -0.25) is 4.79 Å². The third kappa shape index (κ3) is 3.96. The topological polar surface area (TPSA) is 59.7 Å². The highest BCUT2D eigenvalue weighted by molar-refractivity contribution is 6.00. The maximum atomic E-state index is 13.8. The smallest absolute Gasteiger partial charge is 0.433 e. The number of rotatable bonds is 4. The van der Waals surface area contributed by atoms with Crippen LogP contribution in [-0.4, -0.2) is 45.1 Å². The zero-order chi connectivity index (χ0) is 22.2. The van der Waals surface area contributed by atoms with Gasteiger partial charge in [0.1, 0.15) is 11.3 Å². The number of halogens is 3. The summed E-state index contributed by atoms with van der Waals surface area (Å²) in [5.41, 5.74) is -0.455. The molecule has 1 aliphatic rings. The maximum absolute atomic E-state index is 13.8. The van der Waals surface area contributed by atoms with Crippen molar-refractivity contribution in [2.75, 3.05) is 13.7 Å². The standard InChI is InChI=1S/C22H23F3N4O2/c1-3-15-8-4-5-10-28(15)21(30)17-13-26-29-19(22(23,24)25)12-18(27-20(17)29)14-7-6-9-16(11-14)31-2/h6-7,9,11-13,15H,3-5,8,10H2,1-2H3/t15-/m0/s1. The van der Waals surface area contributed by atoms with Gasteiger partial charge in [-0.05, 0) is 43.9 Å². The molecule has 1 fully saturated rings. The summed E-state index contributed by atoms with van der Waals surface area (Å²) in [5.74, 6) is 0.168. The van der Waals surface area contributed by atoms with Crippen LogP contribution in [-0.2, 0) is 6.18 Å². The van der Waals surface area contributed by atoms with Crippen molar-refractivity contribution in [3.05, 3.63) is 47.8 Å². The molecular weight excluding hydrogens is 409 g/mol. The molecule has 31 heavy (non-hydrogen) atoms. The van der Waals surface area contributed by atoms with Crippen molar-refractivity contribution < 1.29 is 22.7 Å². The molecule has 164 valence electrons. The number of piperidine rings is 1. The molecule has 3 aromatic rings. The van der Waals surface area contributed by atoms with Gasteiger partial charge in [-0.1, -0.05) is 19.1 Å². The van der Waals surface area contributed by atoms with Crippen LogP contribution in [0.5, 0.6) is 5.75 Å². The zero-order valence-electron chi connectivity index (χ0n) is 17.3. The van der Waals surface area contributed by atoms with Gasteiger partial charge in [-0.2, -0.15) is 18.3 Å². The lowest BCUT2D eigenvalue weighted by molar-refractivity contribution is -0.142. The van der Waals surface area contributed by atoms with Gasteiger partial charge >= 0.3 is 6.18 Å². The van der Waals surface area contributed by atoms with Gasteiger partial charge in [0.15, 0.2) is 11.3 Å². The summed E-state index contributed by atoms with van der Waals surface area (Å²) in [6.07, 6.45) is 0.110. The number of benzene rings is 1. The lowest BCUT2D eigenvalue weighted by Crippen LogP contribution is -2.43. The molecule has 1 aromatic carbocycles. The van der Waals surface area contributed by atoms with Crippen LogP contribution in [0.25, 0.3) is 16.9 Å². The molecule has 3 heterocycles. The van der Waals surface area contributed by atoms with Crippen molar-refractivity contribution in [2.24, 2.45) is 0 Å². The molecule has 0 unspecified atom stereocenters. The number of fused-ring (bicyclic) bond motifs is 1. The van der Waals surface area contributed by atoms with E-state index in [1.165, 1.54) is 13.3 Å². The van der Waals surface area contributed by atoms with E-state index >= 15 is 0 Å². The van der Waals surface area contributed by atoms with Crippen LogP contribution >= 0.6 is 0 Å². The summed E-state index contributed by atoms with van der Waals surface area (Å²) >= 11 is 0. The Labute approximate surface area is 177 Å². The van der Waals surface area contributed by atoms with E-state index in [9.17, 15) is 18.0 Å². The number of nitrogens with zero attached hydrogens (tertiary/aromatic N) is 4. The number of hydrogen-bond donors (Lipinski definition) is 0. The molecule has 0 N–H and O–H groups in total. The Morgan fingerprint density at radius 3 is 2.77 bits per heavy atom. The first-order chi connectivity index (χ1) is 14.8. The van der Waals surface area contributed by atoms with Crippen molar-refractivity contribution in [3.8, 4) is 17.0 Å². The first kappa shape index (κ1) is 21.1. The lowest BCUT2D eigenvalue weighted by atomic mass is 9.99. The van der Waals surface area contributed by atoms with Gasteiger partial charge in [-0.25, -0.2) is 9.50 Å². The molecule has 1 atom stereocenters. The van der Waals surface area contributed by atoms with Crippen LogP contribution in [0.2, 0.25) is 0 Å². The van der Waals surface area contributed by atoms with Crippen LogP contribution in [0.15, 0.2) is 36.5 Å². The van der Waals surface area contributed by atoms with Gasteiger partial charge in [-0.15, -0.1) is 0 Å². The number of methoxy groups -OCH3 is 1. The van der Waals surface area contributed by atoms with Gasteiger partial charge in [0.2, 0.25) is 0 Å². The SMILES string of the molecule is CC[C@H]1CCCCN1C(=O)c1cnn2c(C(F)(F)F)cc(-c3cccc(OC)c3)nc12. The van der Waals surface area contributed by atoms with E-state index in [1.807, 2.05) is 6.92 Å². The first-order valence-electron chi connectivity index (χ1n) is 10.2. The Morgan fingerprint density at radius 1 is 1.26 bits per heavy atom. The maximum Gasteiger partial charge on any atom is 0.433 e. The van der Waals surface area contributed by atoms with Gasteiger partial charge in [0, 0.05) is 18.2 Å². The summed E-state index contributed by atoms with van der Waals surface area (Å²) in [7, 11) is 1.48. The van der Waals surface area contributed by atoms with Crippen molar-refractivity contribution in [1.29, 1.82) is 0 Å². The van der Waals surface area contributed by atoms with Crippen LogP contribution in [0.1, 0.15) is 48.7 Å². The molecule has 0 saturated carbocycles. The summed E-state index contributed by atoms with van der Waals surface area (Å²) in [6.45, 7) is 2.59. The normalized spacial score (nSPS) is 17.2. The molecule has 0 aliphatic carbocycles. The van der Waals surface area contributed by atoms with Crippen LogP contribution < -0.4 is 4.74 Å². The Kier molecular flexibility index (Phi) is 5.60. The third-order valence-corrected chi connectivity index (χ3v) is 5.72. The highest BCUT2D eigenvalue weighted by Gasteiger charge is 2.37. The van der Waals surface area contributed by atoms with Crippen LogP contribution in [0, 0.1) is 0 Å². The zero-order valence-corrected chi connectivity index (χ0v) is 17.3. The molecule has 0 spiro atoms. The van der Waals surface area contributed by atoms with Crippen LogP contribution in [0.3, 0.4) is 0 Å². The average Bonchev–Trinajstić information content (AvgIpc) is 3.21. The lowest BCUT2D eigenvalue weighted by Gasteiger charge is -2.35. The van der Waals surface area contributed by atoms with Crippen molar-refractivity contribution >= 4 is 11.6 Å². The number of hydrogen-bond acceptors (Lipinski definition) is 4. The second-order valence-corrected chi connectivity index (χ2v) is 7.61. The molecule has 1 amide bonds. The monoisotopic (exact) mass is 432 g/mol. The minimum absolute atomic E-state index is 0.0693.